The van der Waals surface area contributed by atoms with Gasteiger partial charge in [-0.2, -0.15) is 0 Å². The van der Waals surface area contributed by atoms with Crippen LogP contribution >= 0.6 is 0 Å². The van der Waals surface area contributed by atoms with Gasteiger partial charge in [-0.25, -0.2) is 14.0 Å². The fourth-order valence-corrected chi connectivity index (χ4v) is 1.91. The number of carbonyl (C=O) groups is 2. The molecule has 1 aliphatic rings. The summed E-state index contributed by atoms with van der Waals surface area (Å²) in [4.78, 5) is 24.5. The van der Waals surface area contributed by atoms with E-state index >= 15 is 0 Å². The summed E-state index contributed by atoms with van der Waals surface area (Å²) in [5.74, 6) is -0.723. The van der Waals surface area contributed by atoms with Crippen LogP contribution in [0.5, 0.6) is 0 Å². The molecule has 0 aromatic carbocycles. The molecule has 0 radical (unpaired) electrons. The first kappa shape index (κ1) is 15.7. The molecule has 0 spiro atoms. The van der Waals surface area contributed by atoms with Crippen LogP contribution in [-0.2, 0) is 14.3 Å². The van der Waals surface area contributed by atoms with Gasteiger partial charge in [0, 0.05) is 6.42 Å². The molecule has 0 aliphatic carbocycles. The number of aliphatic hydroxyl groups excluding tert-OH is 1. The lowest BCUT2D eigenvalue weighted by molar-refractivity contribution is -0.145. The first-order valence-electron chi connectivity index (χ1n) is 5.99. The van der Waals surface area contributed by atoms with Crippen molar-refractivity contribution in [1.29, 1.82) is 0 Å². The summed E-state index contributed by atoms with van der Waals surface area (Å²) < 4.78 is 23.8. The van der Waals surface area contributed by atoms with Crippen molar-refractivity contribution in [2.45, 2.75) is 44.5 Å². The zero-order valence-electron chi connectivity index (χ0n) is 11.6. The fourth-order valence-electron chi connectivity index (χ4n) is 1.91. The van der Waals surface area contributed by atoms with E-state index < -0.39 is 42.5 Å². The molecule has 1 fully saturated rings. The molecule has 2 atom stereocenters. The van der Waals surface area contributed by atoms with Gasteiger partial charge in [-0.3, -0.25) is 4.90 Å². The summed E-state index contributed by atoms with van der Waals surface area (Å²) in [6.45, 7) is 3.85. The van der Waals surface area contributed by atoms with Gasteiger partial charge in [-0.15, -0.1) is 0 Å². The number of amides is 1. The highest BCUT2D eigenvalue weighted by Crippen LogP contribution is 2.32. The van der Waals surface area contributed by atoms with Gasteiger partial charge in [0.05, 0.1) is 20.3 Å². The third-order valence-electron chi connectivity index (χ3n) is 2.77. The summed E-state index contributed by atoms with van der Waals surface area (Å²) in [5.41, 5.74) is -2.76. The smallest absolute Gasteiger partial charge is 0.411 e. The largest absolute Gasteiger partial charge is 0.467 e. The molecule has 6 nitrogen and oxygen atoms in total. The van der Waals surface area contributed by atoms with Gasteiger partial charge in [0.25, 0.3) is 0 Å². The minimum atomic E-state index is -2.00. The molecule has 0 bridgehead atoms. The van der Waals surface area contributed by atoms with E-state index in [0.29, 0.717) is 0 Å². The minimum Gasteiger partial charge on any atom is -0.467 e. The number of likely N-dealkylation sites (tertiary alicyclic amines) is 1. The van der Waals surface area contributed by atoms with E-state index in [1.807, 2.05) is 0 Å². The van der Waals surface area contributed by atoms with Crippen molar-refractivity contribution < 1.29 is 28.6 Å². The third-order valence-corrected chi connectivity index (χ3v) is 2.77. The van der Waals surface area contributed by atoms with Gasteiger partial charge in [-0.05, 0) is 20.8 Å². The van der Waals surface area contributed by atoms with Crippen LogP contribution in [0.2, 0.25) is 0 Å². The molecule has 1 saturated heterocycles. The summed E-state index contributed by atoms with van der Waals surface area (Å²) >= 11 is 0. The normalized spacial score (nSPS) is 27.3. The van der Waals surface area contributed by atoms with E-state index in [2.05, 4.69) is 4.74 Å². The lowest BCUT2D eigenvalue weighted by Crippen LogP contribution is -2.44. The van der Waals surface area contributed by atoms with Crippen LogP contribution < -0.4 is 0 Å². The standard InChI is InChI=1S/C12H20FNO5/c1-11(2,3)19-10(17)14-6-12(13,7-15)5-8(14)9(16)18-4/h8,15H,5-7H2,1-4H3/t8?,12-/m0/s1. The molecule has 0 aromatic heterocycles. The average Bonchev–Trinajstić information content (AvgIpc) is 2.65. The van der Waals surface area contributed by atoms with Gasteiger partial charge in [0.2, 0.25) is 0 Å². The highest BCUT2D eigenvalue weighted by atomic mass is 19.1. The molecular formula is C12H20FNO5. The molecule has 19 heavy (non-hydrogen) atoms. The van der Waals surface area contributed by atoms with Crippen molar-refractivity contribution >= 4 is 12.1 Å². The van der Waals surface area contributed by atoms with Crippen molar-refractivity contribution in [2.75, 3.05) is 20.3 Å². The van der Waals surface area contributed by atoms with Gasteiger partial charge in [0.1, 0.15) is 11.6 Å². The lowest BCUT2D eigenvalue weighted by atomic mass is 10.0. The zero-order valence-corrected chi connectivity index (χ0v) is 11.6. The van der Waals surface area contributed by atoms with Crippen molar-refractivity contribution in [1.82, 2.24) is 4.90 Å². The Morgan fingerprint density at radius 3 is 2.47 bits per heavy atom. The Morgan fingerprint density at radius 1 is 1.47 bits per heavy atom. The topological polar surface area (TPSA) is 76.1 Å². The first-order valence-corrected chi connectivity index (χ1v) is 5.99. The van der Waals surface area contributed by atoms with E-state index in [1.54, 1.807) is 20.8 Å². The number of nitrogens with zero attached hydrogens (tertiary/aromatic N) is 1. The molecule has 1 amide bonds. The number of methoxy groups -OCH3 is 1. The SMILES string of the molecule is COC(=O)C1C[C@@](F)(CO)CN1C(=O)OC(C)(C)C. The Hall–Kier alpha value is -1.37. The van der Waals surface area contributed by atoms with Gasteiger partial charge in [-0.1, -0.05) is 0 Å². The van der Waals surface area contributed by atoms with Crippen LogP contribution in [0.15, 0.2) is 0 Å². The lowest BCUT2D eigenvalue weighted by Gasteiger charge is -2.27. The summed E-state index contributed by atoms with van der Waals surface area (Å²) in [6.07, 6.45) is -1.09. The predicted molar refractivity (Wildman–Crippen MR) is 64.3 cm³/mol. The molecule has 1 N–H and O–H groups in total. The maximum Gasteiger partial charge on any atom is 0.411 e. The number of carbonyl (C=O) groups excluding carboxylic acids is 2. The van der Waals surface area contributed by atoms with Crippen LogP contribution in [-0.4, -0.2) is 59.6 Å². The van der Waals surface area contributed by atoms with Crippen molar-refractivity contribution in [3.63, 3.8) is 0 Å². The molecule has 0 saturated carbocycles. The Balaban J connectivity index is 2.89. The molecule has 1 unspecified atom stereocenters. The number of alkyl halides is 1. The quantitative estimate of drug-likeness (QED) is 0.758. The second-order valence-electron chi connectivity index (χ2n) is 5.66. The second kappa shape index (κ2) is 5.32. The Labute approximate surface area is 111 Å². The Kier molecular flexibility index (Phi) is 4.39. The molecule has 0 aromatic rings. The zero-order chi connectivity index (χ0) is 14.8. The number of hydrogen-bond donors (Lipinski definition) is 1. The van der Waals surface area contributed by atoms with E-state index in [4.69, 9.17) is 9.84 Å². The number of ether oxygens (including phenoxy) is 2. The first-order chi connectivity index (χ1) is 8.62. The molecule has 110 valence electrons. The molecule has 1 aliphatic heterocycles. The number of hydrogen-bond acceptors (Lipinski definition) is 5. The van der Waals surface area contributed by atoms with Crippen LogP contribution in [0.1, 0.15) is 27.2 Å². The number of aliphatic hydroxyl groups is 1. The third kappa shape index (κ3) is 3.79. The van der Waals surface area contributed by atoms with E-state index in [1.165, 1.54) is 0 Å². The minimum absolute atomic E-state index is 0.296. The highest BCUT2D eigenvalue weighted by molar-refractivity contribution is 5.82. The van der Waals surface area contributed by atoms with Gasteiger partial charge < -0.3 is 14.6 Å². The van der Waals surface area contributed by atoms with Crippen LogP contribution in [0.25, 0.3) is 0 Å². The highest BCUT2D eigenvalue weighted by Gasteiger charge is 2.50. The summed E-state index contributed by atoms with van der Waals surface area (Å²) in [7, 11) is 1.16. The number of rotatable bonds is 2. The predicted octanol–water partition coefficient (Wildman–Crippen LogP) is 0.869. The fraction of sp³-hybridized carbons (Fsp3) is 0.833. The molecular weight excluding hydrogens is 257 g/mol. The number of halogens is 1. The second-order valence-corrected chi connectivity index (χ2v) is 5.66. The van der Waals surface area contributed by atoms with Crippen molar-refractivity contribution in [3.8, 4) is 0 Å². The summed E-state index contributed by atoms with van der Waals surface area (Å²) in [5, 5.41) is 9.02. The van der Waals surface area contributed by atoms with Crippen molar-refractivity contribution in [2.24, 2.45) is 0 Å². The molecule has 1 heterocycles. The monoisotopic (exact) mass is 277 g/mol. The van der Waals surface area contributed by atoms with Gasteiger partial charge >= 0.3 is 12.1 Å². The van der Waals surface area contributed by atoms with E-state index in [0.717, 1.165) is 12.0 Å². The maximum absolute atomic E-state index is 14.1. The average molecular weight is 277 g/mol. The number of esters is 1. The van der Waals surface area contributed by atoms with Gasteiger partial charge in [0.15, 0.2) is 5.67 Å². The Bertz CT molecular complexity index is 368. The molecule has 7 heteroatoms. The molecule has 1 rings (SSSR count). The Morgan fingerprint density at radius 2 is 2.05 bits per heavy atom. The van der Waals surface area contributed by atoms with Crippen LogP contribution in [0.4, 0.5) is 9.18 Å². The van der Waals surface area contributed by atoms with Crippen LogP contribution in [0.3, 0.4) is 0 Å². The van der Waals surface area contributed by atoms with Crippen molar-refractivity contribution in [3.05, 3.63) is 0 Å². The summed E-state index contributed by atoms with van der Waals surface area (Å²) in [6, 6.07) is -1.07. The van der Waals surface area contributed by atoms with E-state index in [-0.39, 0.29) is 6.42 Å². The van der Waals surface area contributed by atoms with E-state index in [9.17, 15) is 14.0 Å². The maximum atomic E-state index is 14.1. The van der Waals surface area contributed by atoms with Crippen LogP contribution in [0, 0.1) is 0 Å².